The van der Waals surface area contributed by atoms with E-state index in [1.54, 1.807) is 11.8 Å². The van der Waals surface area contributed by atoms with Gasteiger partial charge < -0.3 is 5.32 Å². The van der Waals surface area contributed by atoms with Crippen molar-refractivity contribution in [2.45, 2.75) is 43.3 Å². The van der Waals surface area contributed by atoms with E-state index in [9.17, 15) is 4.79 Å². The zero-order valence-corrected chi connectivity index (χ0v) is 14.0. The third-order valence-electron chi connectivity index (χ3n) is 3.47. The minimum absolute atomic E-state index is 0.0372. The molecule has 0 unspecified atom stereocenters. The third-order valence-corrected chi connectivity index (χ3v) is 4.58. The van der Waals surface area contributed by atoms with Crippen LogP contribution in [-0.4, -0.2) is 11.2 Å². The smallest absolute Gasteiger partial charge is 0.237 e. The molecule has 1 atom stereocenters. The van der Waals surface area contributed by atoms with Crippen molar-refractivity contribution < 1.29 is 4.79 Å². The minimum Gasteiger partial charge on any atom is -0.325 e. The van der Waals surface area contributed by atoms with Crippen LogP contribution in [0.4, 0.5) is 5.69 Å². The zero-order chi connectivity index (χ0) is 15.8. The highest BCUT2D eigenvalue weighted by atomic mass is 32.2. The van der Waals surface area contributed by atoms with Gasteiger partial charge in [-0.25, -0.2) is 0 Å². The highest BCUT2D eigenvalue weighted by Gasteiger charge is 2.14. The Hall–Kier alpha value is -1.74. The SMILES string of the molecule is CCCCc1ccc(NC(=O)[C@@H](C)Sc2ccccc2)cc1. The van der Waals surface area contributed by atoms with Gasteiger partial charge in [-0.05, 0) is 49.6 Å². The molecule has 1 amide bonds. The van der Waals surface area contributed by atoms with Crippen molar-refractivity contribution in [3.63, 3.8) is 0 Å². The van der Waals surface area contributed by atoms with Gasteiger partial charge in [-0.1, -0.05) is 43.7 Å². The topological polar surface area (TPSA) is 29.1 Å². The molecule has 0 aliphatic heterocycles. The molecule has 2 rings (SSSR count). The number of nitrogens with one attached hydrogen (secondary N) is 1. The molecule has 116 valence electrons. The largest absolute Gasteiger partial charge is 0.325 e. The molecular weight excluding hydrogens is 290 g/mol. The van der Waals surface area contributed by atoms with Crippen LogP contribution in [0.25, 0.3) is 0 Å². The predicted octanol–water partition coefficient (Wildman–Crippen LogP) is 5.15. The molecule has 0 radical (unpaired) electrons. The molecule has 0 saturated heterocycles. The van der Waals surface area contributed by atoms with Crippen LogP contribution in [0.15, 0.2) is 59.5 Å². The van der Waals surface area contributed by atoms with Crippen molar-refractivity contribution in [1.29, 1.82) is 0 Å². The maximum Gasteiger partial charge on any atom is 0.237 e. The average molecular weight is 313 g/mol. The number of thioether (sulfide) groups is 1. The molecule has 0 heterocycles. The van der Waals surface area contributed by atoms with Gasteiger partial charge in [0.05, 0.1) is 5.25 Å². The molecule has 0 aliphatic rings. The van der Waals surface area contributed by atoms with Gasteiger partial charge >= 0.3 is 0 Å². The molecule has 0 aliphatic carbocycles. The zero-order valence-electron chi connectivity index (χ0n) is 13.2. The third kappa shape index (κ3) is 5.23. The van der Waals surface area contributed by atoms with Gasteiger partial charge in [-0.15, -0.1) is 11.8 Å². The van der Waals surface area contributed by atoms with Gasteiger partial charge in [0.2, 0.25) is 5.91 Å². The van der Waals surface area contributed by atoms with Crippen LogP contribution in [0.5, 0.6) is 0 Å². The van der Waals surface area contributed by atoms with E-state index < -0.39 is 0 Å². The van der Waals surface area contributed by atoms with Gasteiger partial charge in [0.25, 0.3) is 0 Å². The fourth-order valence-corrected chi connectivity index (χ4v) is 3.02. The number of benzene rings is 2. The number of hydrogen-bond donors (Lipinski definition) is 1. The number of anilines is 1. The molecule has 0 spiro atoms. The molecule has 2 nitrogen and oxygen atoms in total. The molecule has 0 aromatic heterocycles. The molecule has 3 heteroatoms. The van der Waals surface area contributed by atoms with E-state index in [1.165, 1.54) is 18.4 Å². The summed E-state index contributed by atoms with van der Waals surface area (Å²) in [7, 11) is 0. The second-order valence-electron chi connectivity index (χ2n) is 5.36. The Morgan fingerprint density at radius 1 is 1.09 bits per heavy atom. The molecule has 2 aromatic rings. The maximum absolute atomic E-state index is 12.2. The number of aryl methyl sites for hydroxylation is 1. The summed E-state index contributed by atoms with van der Waals surface area (Å²) in [4.78, 5) is 13.4. The maximum atomic E-state index is 12.2. The second kappa shape index (κ2) is 8.64. The number of unbranched alkanes of at least 4 members (excludes halogenated alkanes) is 1. The standard InChI is InChI=1S/C19H23NOS/c1-3-4-8-16-11-13-17(14-12-16)20-19(21)15(2)22-18-9-6-5-7-10-18/h5-7,9-15H,3-4,8H2,1-2H3,(H,20,21)/t15-/m1/s1. The highest BCUT2D eigenvalue weighted by Crippen LogP contribution is 2.23. The second-order valence-corrected chi connectivity index (χ2v) is 6.78. The molecule has 22 heavy (non-hydrogen) atoms. The van der Waals surface area contributed by atoms with E-state index in [2.05, 4.69) is 24.4 Å². The number of rotatable bonds is 7. The summed E-state index contributed by atoms with van der Waals surface area (Å²) in [5, 5.41) is 2.86. The molecule has 1 N–H and O–H groups in total. The van der Waals surface area contributed by atoms with Crippen LogP contribution >= 0.6 is 11.8 Å². The van der Waals surface area contributed by atoms with Gasteiger partial charge in [0.1, 0.15) is 0 Å². The number of amides is 1. The van der Waals surface area contributed by atoms with E-state index in [4.69, 9.17) is 0 Å². The van der Waals surface area contributed by atoms with E-state index in [0.717, 1.165) is 17.0 Å². The molecule has 2 aromatic carbocycles. The Bertz CT molecular complexity index is 580. The first-order valence-corrected chi connectivity index (χ1v) is 8.68. The van der Waals surface area contributed by atoms with Gasteiger partial charge in [0.15, 0.2) is 0 Å². The van der Waals surface area contributed by atoms with Crippen LogP contribution < -0.4 is 5.32 Å². The first-order valence-electron chi connectivity index (χ1n) is 7.80. The van der Waals surface area contributed by atoms with E-state index in [-0.39, 0.29) is 11.2 Å². The Balaban J connectivity index is 1.88. The Morgan fingerprint density at radius 3 is 2.41 bits per heavy atom. The number of carbonyl (C=O) groups is 1. The monoisotopic (exact) mass is 313 g/mol. The van der Waals surface area contributed by atoms with Crippen LogP contribution in [0.2, 0.25) is 0 Å². The van der Waals surface area contributed by atoms with Crippen molar-refractivity contribution in [1.82, 2.24) is 0 Å². The van der Waals surface area contributed by atoms with Crippen molar-refractivity contribution in [3.8, 4) is 0 Å². The van der Waals surface area contributed by atoms with E-state index >= 15 is 0 Å². The lowest BCUT2D eigenvalue weighted by molar-refractivity contribution is -0.115. The first kappa shape index (κ1) is 16.6. The predicted molar refractivity (Wildman–Crippen MR) is 95.4 cm³/mol. The lowest BCUT2D eigenvalue weighted by Gasteiger charge is -2.12. The summed E-state index contributed by atoms with van der Waals surface area (Å²) in [6, 6.07) is 18.2. The van der Waals surface area contributed by atoms with Crippen molar-refractivity contribution in [2.75, 3.05) is 5.32 Å². The quantitative estimate of drug-likeness (QED) is 0.716. The Labute approximate surface area is 137 Å². The van der Waals surface area contributed by atoms with Crippen molar-refractivity contribution >= 4 is 23.4 Å². The Morgan fingerprint density at radius 2 is 1.77 bits per heavy atom. The summed E-state index contributed by atoms with van der Waals surface area (Å²) in [6.45, 7) is 4.13. The minimum atomic E-state index is -0.123. The average Bonchev–Trinajstić information content (AvgIpc) is 2.55. The first-order chi connectivity index (χ1) is 10.7. The normalized spacial score (nSPS) is 11.9. The van der Waals surface area contributed by atoms with Crippen molar-refractivity contribution in [3.05, 3.63) is 60.2 Å². The molecule has 0 saturated carbocycles. The fourth-order valence-electron chi connectivity index (χ4n) is 2.14. The lowest BCUT2D eigenvalue weighted by atomic mass is 10.1. The molecular formula is C19H23NOS. The van der Waals surface area contributed by atoms with Gasteiger partial charge in [-0.3, -0.25) is 4.79 Å². The van der Waals surface area contributed by atoms with Crippen molar-refractivity contribution in [2.24, 2.45) is 0 Å². The lowest BCUT2D eigenvalue weighted by Crippen LogP contribution is -2.22. The fraction of sp³-hybridized carbons (Fsp3) is 0.316. The number of hydrogen-bond acceptors (Lipinski definition) is 2. The summed E-state index contributed by atoms with van der Waals surface area (Å²) in [5.41, 5.74) is 2.19. The Kier molecular flexibility index (Phi) is 6.53. The van der Waals surface area contributed by atoms with Crippen LogP contribution in [0, 0.1) is 0 Å². The van der Waals surface area contributed by atoms with E-state index in [1.807, 2.05) is 49.4 Å². The molecule has 0 fully saturated rings. The summed E-state index contributed by atoms with van der Waals surface area (Å²) in [6.07, 6.45) is 3.51. The van der Waals surface area contributed by atoms with E-state index in [0.29, 0.717) is 0 Å². The molecule has 0 bridgehead atoms. The van der Waals surface area contributed by atoms with Crippen LogP contribution in [-0.2, 0) is 11.2 Å². The highest BCUT2D eigenvalue weighted by molar-refractivity contribution is 8.00. The van der Waals surface area contributed by atoms with Crippen LogP contribution in [0.3, 0.4) is 0 Å². The van der Waals surface area contributed by atoms with Gasteiger partial charge in [0, 0.05) is 10.6 Å². The number of carbonyl (C=O) groups excluding carboxylic acids is 1. The summed E-state index contributed by atoms with van der Waals surface area (Å²) < 4.78 is 0. The summed E-state index contributed by atoms with van der Waals surface area (Å²) in [5.74, 6) is 0.0372. The van der Waals surface area contributed by atoms with Gasteiger partial charge in [-0.2, -0.15) is 0 Å². The summed E-state index contributed by atoms with van der Waals surface area (Å²) >= 11 is 1.57. The van der Waals surface area contributed by atoms with Crippen LogP contribution in [0.1, 0.15) is 32.3 Å².